The zero-order valence-electron chi connectivity index (χ0n) is 9.93. The van der Waals surface area contributed by atoms with E-state index in [9.17, 15) is 19.5 Å². The lowest BCUT2D eigenvalue weighted by molar-refractivity contribution is -0.151. The molecule has 0 radical (unpaired) electrons. The van der Waals surface area contributed by atoms with Crippen molar-refractivity contribution in [3.05, 3.63) is 23.8 Å². The SMILES string of the molecule is COC(=O)C(=O)CC(=O)c1ccc(OC)cc1O. The number of hydrogen-bond donors (Lipinski definition) is 1. The molecule has 6 nitrogen and oxygen atoms in total. The Morgan fingerprint density at radius 3 is 2.39 bits per heavy atom. The molecule has 6 heteroatoms. The van der Waals surface area contributed by atoms with E-state index in [1.807, 2.05) is 0 Å². The van der Waals surface area contributed by atoms with E-state index >= 15 is 0 Å². The molecule has 0 bridgehead atoms. The Labute approximate surface area is 103 Å². The van der Waals surface area contributed by atoms with Crippen molar-refractivity contribution in [1.82, 2.24) is 0 Å². The number of esters is 1. The molecule has 0 saturated heterocycles. The second-order valence-electron chi connectivity index (χ2n) is 3.40. The number of aromatic hydroxyl groups is 1. The molecule has 0 saturated carbocycles. The van der Waals surface area contributed by atoms with Crippen molar-refractivity contribution in [1.29, 1.82) is 0 Å². The van der Waals surface area contributed by atoms with E-state index in [1.54, 1.807) is 0 Å². The molecule has 18 heavy (non-hydrogen) atoms. The summed E-state index contributed by atoms with van der Waals surface area (Å²) in [6.07, 6.45) is -0.646. The average molecular weight is 252 g/mol. The molecule has 0 aliphatic carbocycles. The number of ether oxygens (including phenoxy) is 2. The van der Waals surface area contributed by atoms with Crippen LogP contribution in [0.4, 0.5) is 0 Å². The topological polar surface area (TPSA) is 89.9 Å². The van der Waals surface area contributed by atoms with E-state index in [1.165, 1.54) is 25.3 Å². The van der Waals surface area contributed by atoms with Crippen LogP contribution in [0.2, 0.25) is 0 Å². The number of Topliss-reactive ketones (excluding diaryl/α,β-unsaturated/α-hetero) is 2. The van der Waals surface area contributed by atoms with Gasteiger partial charge < -0.3 is 14.6 Å². The maximum atomic E-state index is 11.7. The Kier molecular flexibility index (Phi) is 4.42. The van der Waals surface area contributed by atoms with Crippen LogP contribution in [0.3, 0.4) is 0 Å². The predicted molar refractivity (Wildman–Crippen MR) is 60.6 cm³/mol. The van der Waals surface area contributed by atoms with E-state index < -0.39 is 24.0 Å². The van der Waals surface area contributed by atoms with Gasteiger partial charge in [-0.15, -0.1) is 0 Å². The highest BCUT2D eigenvalue weighted by Gasteiger charge is 2.21. The van der Waals surface area contributed by atoms with Gasteiger partial charge in [-0.25, -0.2) is 4.79 Å². The number of ketones is 2. The lowest BCUT2D eigenvalue weighted by atomic mass is 10.0. The largest absolute Gasteiger partial charge is 0.507 e. The molecular formula is C12H12O6. The van der Waals surface area contributed by atoms with Crippen LogP contribution in [0.25, 0.3) is 0 Å². The van der Waals surface area contributed by atoms with Crippen molar-refractivity contribution in [2.75, 3.05) is 14.2 Å². The summed E-state index contributed by atoms with van der Waals surface area (Å²) in [6.45, 7) is 0. The second kappa shape index (κ2) is 5.81. The van der Waals surface area contributed by atoms with Gasteiger partial charge in [0.15, 0.2) is 5.78 Å². The average Bonchev–Trinajstić information content (AvgIpc) is 2.37. The van der Waals surface area contributed by atoms with E-state index in [0.29, 0.717) is 5.75 Å². The Balaban J connectivity index is 2.85. The van der Waals surface area contributed by atoms with Crippen LogP contribution in [0.5, 0.6) is 11.5 Å². The number of benzene rings is 1. The van der Waals surface area contributed by atoms with Gasteiger partial charge in [0, 0.05) is 6.07 Å². The number of methoxy groups -OCH3 is 2. The zero-order valence-corrected chi connectivity index (χ0v) is 9.93. The fourth-order valence-electron chi connectivity index (χ4n) is 1.30. The Hall–Kier alpha value is -2.37. The second-order valence-corrected chi connectivity index (χ2v) is 3.40. The number of rotatable bonds is 5. The van der Waals surface area contributed by atoms with Gasteiger partial charge in [-0.1, -0.05) is 0 Å². The molecule has 1 N–H and O–H groups in total. The summed E-state index contributed by atoms with van der Waals surface area (Å²) in [5.74, 6) is -2.64. The Morgan fingerprint density at radius 1 is 1.22 bits per heavy atom. The fraction of sp³-hybridized carbons (Fsp3) is 0.250. The molecule has 1 aromatic rings. The molecule has 0 spiro atoms. The highest BCUT2D eigenvalue weighted by atomic mass is 16.5. The van der Waals surface area contributed by atoms with Gasteiger partial charge in [-0.3, -0.25) is 9.59 Å². The highest BCUT2D eigenvalue weighted by Crippen LogP contribution is 2.24. The maximum Gasteiger partial charge on any atom is 0.374 e. The van der Waals surface area contributed by atoms with E-state index in [2.05, 4.69) is 4.74 Å². The monoisotopic (exact) mass is 252 g/mol. The molecule has 0 heterocycles. The van der Waals surface area contributed by atoms with Crippen LogP contribution >= 0.6 is 0 Å². The molecule has 1 rings (SSSR count). The minimum Gasteiger partial charge on any atom is -0.507 e. The first-order chi connectivity index (χ1) is 8.49. The van der Waals surface area contributed by atoms with Gasteiger partial charge in [-0.2, -0.15) is 0 Å². The number of hydrogen-bond acceptors (Lipinski definition) is 6. The molecule has 0 atom stereocenters. The molecule has 0 unspecified atom stereocenters. The lowest BCUT2D eigenvalue weighted by Crippen LogP contribution is -2.19. The van der Waals surface area contributed by atoms with Gasteiger partial charge in [0.1, 0.15) is 11.5 Å². The van der Waals surface area contributed by atoms with Crippen molar-refractivity contribution >= 4 is 17.5 Å². The van der Waals surface area contributed by atoms with Gasteiger partial charge >= 0.3 is 5.97 Å². The molecule has 0 aromatic heterocycles. The normalized spacial score (nSPS) is 9.67. The summed E-state index contributed by atoms with van der Waals surface area (Å²) >= 11 is 0. The first-order valence-corrected chi connectivity index (χ1v) is 5.01. The van der Waals surface area contributed by atoms with Crippen LogP contribution in [0, 0.1) is 0 Å². The summed E-state index contributed by atoms with van der Waals surface area (Å²) in [5.41, 5.74) is -0.0481. The van der Waals surface area contributed by atoms with E-state index in [-0.39, 0.29) is 11.3 Å². The van der Waals surface area contributed by atoms with Crippen LogP contribution in [-0.4, -0.2) is 36.9 Å². The first-order valence-electron chi connectivity index (χ1n) is 5.01. The number of carbonyl (C=O) groups excluding carboxylic acids is 3. The van der Waals surface area contributed by atoms with Gasteiger partial charge in [0.2, 0.25) is 5.78 Å². The summed E-state index contributed by atoms with van der Waals surface area (Å²) in [7, 11) is 2.46. The van der Waals surface area contributed by atoms with Gasteiger partial charge in [-0.05, 0) is 12.1 Å². The van der Waals surface area contributed by atoms with Crippen molar-refractivity contribution < 1.29 is 29.0 Å². The Bertz CT molecular complexity index is 491. The fourth-order valence-corrected chi connectivity index (χ4v) is 1.30. The maximum absolute atomic E-state index is 11.7. The smallest absolute Gasteiger partial charge is 0.374 e. The lowest BCUT2D eigenvalue weighted by Gasteiger charge is -2.05. The molecule has 0 aliphatic rings. The van der Waals surface area contributed by atoms with Crippen LogP contribution < -0.4 is 4.74 Å². The van der Waals surface area contributed by atoms with Crippen LogP contribution in [0.15, 0.2) is 18.2 Å². The van der Waals surface area contributed by atoms with Crippen molar-refractivity contribution in [2.45, 2.75) is 6.42 Å². The number of phenols is 1. The number of phenolic OH excluding ortho intramolecular Hbond substituents is 1. The molecule has 96 valence electrons. The predicted octanol–water partition coefficient (Wildman–Crippen LogP) is 0.716. The molecule has 0 amide bonds. The Morgan fingerprint density at radius 2 is 1.89 bits per heavy atom. The van der Waals surface area contributed by atoms with E-state index in [0.717, 1.165) is 7.11 Å². The molecular weight excluding hydrogens is 240 g/mol. The summed E-state index contributed by atoms with van der Waals surface area (Å²) < 4.78 is 9.05. The van der Waals surface area contributed by atoms with Crippen LogP contribution in [-0.2, 0) is 14.3 Å². The van der Waals surface area contributed by atoms with Crippen LogP contribution in [0.1, 0.15) is 16.8 Å². The minimum atomic E-state index is -1.09. The third-order valence-electron chi connectivity index (χ3n) is 2.24. The standard InChI is InChI=1S/C12H12O6/c1-17-7-3-4-8(9(13)5-7)10(14)6-11(15)12(16)18-2/h3-5,13H,6H2,1-2H3. The van der Waals surface area contributed by atoms with Crippen molar-refractivity contribution in [2.24, 2.45) is 0 Å². The summed E-state index contributed by atoms with van der Waals surface area (Å²) in [6, 6.07) is 4.03. The quantitative estimate of drug-likeness (QED) is 0.359. The first kappa shape index (κ1) is 13.7. The molecule has 1 aromatic carbocycles. The van der Waals surface area contributed by atoms with Crippen molar-refractivity contribution in [3.8, 4) is 11.5 Å². The summed E-state index contributed by atoms with van der Waals surface area (Å²) in [5, 5.41) is 9.57. The van der Waals surface area contributed by atoms with E-state index in [4.69, 9.17) is 4.74 Å². The summed E-state index contributed by atoms with van der Waals surface area (Å²) in [4.78, 5) is 33.7. The third-order valence-corrected chi connectivity index (χ3v) is 2.24. The molecule has 0 fully saturated rings. The minimum absolute atomic E-state index is 0.0481. The zero-order chi connectivity index (χ0) is 13.7. The van der Waals surface area contributed by atoms with Gasteiger partial charge in [0.05, 0.1) is 26.2 Å². The highest BCUT2D eigenvalue weighted by molar-refractivity contribution is 6.38. The van der Waals surface area contributed by atoms with Crippen molar-refractivity contribution in [3.63, 3.8) is 0 Å². The number of carbonyl (C=O) groups is 3. The molecule has 0 aliphatic heterocycles. The third kappa shape index (κ3) is 3.07. The van der Waals surface area contributed by atoms with Gasteiger partial charge in [0.25, 0.3) is 0 Å².